The number of anilines is 1. The summed E-state index contributed by atoms with van der Waals surface area (Å²) < 4.78 is 2.01. The summed E-state index contributed by atoms with van der Waals surface area (Å²) in [6.07, 6.45) is 1.74. The minimum atomic E-state index is -0.0650. The van der Waals surface area contributed by atoms with Crippen molar-refractivity contribution in [2.75, 3.05) is 4.90 Å². The van der Waals surface area contributed by atoms with Crippen molar-refractivity contribution >= 4 is 59.9 Å². The molecule has 4 rings (SSSR count). The van der Waals surface area contributed by atoms with Gasteiger partial charge in [-0.1, -0.05) is 23.5 Å². The summed E-state index contributed by atoms with van der Waals surface area (Å²) >= 11 is 6.40. The summed E-state index contributed by atoms with van der Waals surface area (Å²) in [6.45, 7) is 4.53. The number of benzene rings is 1. The zero-order chi connectivity index (χ0) is 19.0. The molecule has 0 saturated carbocycles. The minimum absolute atomic E-state index is 0.0650. The molecule has 1 amide bonds. The van der Waals surface area contributed by atoms with Crippen LogP contribution in [0, 0.1) is 13.8 Å². The molecule has 0 bridgehead atoms. The highest BCUT2D eigenvalue weighted by atomic mass is 79.9. The van der Waals surface area contributed by atoms with E-state index in [-0.39, 0.29) is 5.91 Å². The number of rotatable bonds is 4. The zero-order valence-electron chi connectivity index (χ0n) is 14.8. The second-order valence-corrected chi connectivity index (χ2v) is 9.64. The summed E-state index contributed by atoms with van der Waals surface area (Å²) in [6, 6.07) is 13.6. The van der Waals surface area contributed by atoms with Crippen LogP contribution in [-0.2, 0) is 6.54 Å². The van der Waals surface area contributed by atoms with Crippen molar-refractivity contribution in [2.24, 2.45) is 0 Å². The quantitative estimate of drug-likeness (QED) is 0.378. The summed E-state index contributed by atoms with van der Waals surface area (Å²) in [5.41, 5.74) is 4.14. The third-order valence-corrected chi connectivity index (χ3v) is 7.04. The molecule has 0 unspecified atom stereocenters. The van der Waals surface area contributed by atoms with Crippen molar-refractivity contribution in [2.45, 2.75) is 20.4 Å². The van der Waals surface area contributed by atoms with Crippen molar-refractivity contribution in [1.29, 1.82) is 0 Å². The fourth-order valence-electron chi connectivity index (χ4n) is 2.77. The van der Waals surface area contributed by atoms with E-state index in [0.717, 1.165) is 25.3 Å². The monoisotopic (exact) mass is 457 g/mol. The van der Waals surface area contributed by atoms with Gasteiger partial charge in [-0.25, -0.2) is 4.98 Å². The van der Waals surface area contributed by atoms with E-state index in [1.165, 1.54) is 28.2 Å². The molecule has 1 aromatic carbocycles. The molecule has 4 aromatic rings. The Morgan fingerprint density at radius 1 is 1.11 bits per heavy atom. The third kappa shape index (κ3) is 3.67. The predicted molar refractivity (Wildman–Crippen MR) is 116 cm³/mol. The van der Waals surface area contributed by atoms with Crippen LogP contribution in [0.15, 0.2) is 52.4 Å². The molecule has 3 heterocycles. The fraction of sp³-hybridized carbons (Fsp3) is 0.150. The third-order valence-electron chi connectivity index (χ3n) is 4.38. The number of fused-ring (bicyclic) bond motifs is 1. The van der Waals surface area contributed by atoms with E-state index in [0.29, 0.717) is 16.6 Å². The van der Waals surface area contributed by atoms with Crippen molar-refractivity contribution in [3.63, 3.8) is 0 Å². The van der Waals surface area contributed by atoms with E-state index in [2.05, 4.69) is 46.9 Å². The predicted octanol–water partition coefficient (Wildman–Crippen LogP) is 5.98. The maximum atomic E-state index is 13.2. The van der Waals surface area contributed by atoms with E-state index in [4.69, 9.17) is 4.98 Å². The van der Waals surface area contributed by atoms with Gasteiger partial charge in [0.2, 0.25) is 0 Å². The van der Waals surface area contributed by atoms with Crippen LogP contribution in [0.4, 0.5) is 5.13 Å². The molecule has 0 saturated heterocycles. The highest BCUT2D eigenvalue weighted by Gasteiger charge is 2.24. The SMILES string of the molecule is Cc1ccc2sc(N(Cc3ccccn3)C(=O)c3ccc(Br)s3)nc2c1C. The average Bonchev–Trinajstić information content (AvgIpc) is 3.30. The number of aryl methyl sites for hydroxylation is 2. The number of carbonyl (C=O) groups is 1. The Balaban J connectivity index is 1.79. The van der Waals surface area contributed by atoms with Gasteiger partial charge in [-0.15, -0.1) is 11.3 Å². The van der Waals surface area contributed by atoms with Gasteiger partial charge < -0.3 is 0 Å². The largest absolute Gasteiger partial charge is 0.277 e. The molecule has 0 aliphatic heterocycles. The van der Waals surface area contributed by atoms with Crippen LogP contribution < -0.4 is 4.90 Å². The molecule has 136 valence electrons. The lowest BCUT2D eigenvalue weighted by Crippen LogP contribution is -2.30. The van der Waals surface area contributed by atoms with E-state index >= 15 is 0 Å². The molecule has 0 N–H and O–H groups in total. The van der Waals surface area contributed by atoms with Crippen LogP contribution in [0.5, 0.6) is 0 Å². The van der Waals surface area contributed by atoms with Gasteiger partial charge in [0.25, 0.3) is 5.91 Å². The summed E-state index contributed by atoms with van der Waals surface area (Å²) in [4.78, 5) is 24.8. The molecule has 0 aliphatic rings. The number of thiazole rings is 1. The lowest BCUT2D eigenvalue weighted by Gasteiger charge is -2.18. The molecule has 0 spiro atoms. The maximum Gasteiger partial charge on any atom is 0.270 e. The molecule has 27 heavy (non-hydrogen) atoms. The molecular formula is C20H16BrN3OS2. The van der Waals surface area contributed by atoms with Crippen molar-refractivity contribution in [1.82, 2.24) is 9.97 Å². The standard InChI is InChI=1S/C20H16BrN3OS2/c1-12-6-7-15-18(13(12)2)23-20(27-15)24(11-14-5-3-4-10-22-14)19(25)16-8-9-17(21)26-16/h3-10H,11H2,1-2H3. The number of halogens is 1. The van der Waals surface area contributed by atoms with E-state index in [1.54, 1.807) is 11.1 Å². The molecule has 7 heteroatoms. The zero-order valence-corrected chi connectivity index (χ0v) is 18.0. The van der Waals surface area contributed by atoms with Gasteiger partial charge in [0.1, 0.15) is 0 Å². The number of hydrogen-bond donors (Lipinski definition) is 0. The molecule has 0 radical (unpaired) electrons. The average molecular weight is 458 g/mol. The van der Waals surface area contributed by atoms with Gasteiger partial charge in [-0.05, 0) is 71.2 Å². The van der Waals surface area contributed by atoms with Crippen molar-refractivity contribution in [3.05, 3.63) is 74.1 Å². The van der Waals surface area contributed by atoms with E-state index < -0.39 is 0 Å². The van der Waals surface area contributed by atoms with Gasteiger partial charge in [0, 0.05) is 6.20 Å². The van der Waals surface area contributed by atoms with Crippen LogP contribution in [0.2, 0.25) is 0 Å². The highest BCUT2D eigenvalue weighted by molar-refractivity contribution is 9.11. The molecule has 3 aromatic heterocycles. The first kappa shape index (κ1) is 18.3. The first-order valence-corrected chi connectivity index (χ1v) is 10.8. The smallest absolute Gasteiger partial charge is 0.270 e. The van der Waals surface area contributed by atoms with Crippen LogP contribution in [-0.4, -0.2) is 15.9 Å². The normalized spacial score (nSPS) is 11.1. The molecular weight excluding hydrogens is 442 g/mol. The molecule has 0 atom stereocenters. The van der Waals surface area contributed by atoms with Gasteiger partial charge in [-0.3, -0.25) is 14.7 Å². The second kappa shape index (κ2) is 7.50. The Morgan fingerprint density at radius 2 is 1.96 bits per heavy atom. The molecule has 4 nitrogen and oxygen atoms in total. The number of thiophene rings is 1. The second-order valence-electron chi connectivity index (χ2n) is 6.17. The van der Waals surface area contributed by atoms with Crippen molar-refractivity contribution < 1.29 is 4.79 Å². The first-order chi connectivity index (χ1) is 13.0. The topological polar surface area (TPSA) is 46.1 Å². The number of pyridine rings is 1. The Hall–Kier alpha value is -2.09. The Kier molecular flexibility index (Phi) is 5.08. The number of nitrogens with zero attached hydrogens (tertiary/aromatic N) is 3. The Labute approximate surface area is 173 Å². The first-order valence-electron chi connectivity index (χ1n) is 8.37. The number of aromatic nitrogens is 2. The minimum Gasteiger partial charge on any atom is -0.277 e. The van der Waals surface area contributed by atoms with Gasteiger partial charge in [0.15, 0.2) is 5.13 Å². The number of carbonyl (C=O) groups excluding carboxylic acids is 1. The fourth-order valence-corrected chi connectivity index (χ4v) is 5.13. The number of amides is 1. The summed E-state index contributed by atoms with van der Waals surface area (Å²) in [7, 11) is 0. The molecule has 0 fully saturated rings. The van der Waals surface area contributed by atoms with Crippen LogP contribution in [0.25, 0.3) is 10.2 Å². The van der Waals surface area contributed by atoms with Crippen LogP contribution in [0.3, 0.4) is 0 Å². The van der Waals surface area contributed by atoms with Crippen LogP contribution in [0.1, 0.15) is 26.5 Å². The van der Waals surface area contributed by atoms with Gasteiger partial charge >= 0.3 is 0 Å². The lowest BCUT2D eigenvalue weighted by molar-refractivity contribution is 0.0988. The summed E-state index contributed by atoms with van der Waals surface area (Å²) in [5, 5.41) is 0.693. The van der Waals surface area contributed by atoms with Crippen LogP contribution >= 0.6 is 38.6 Å². The van der Waals surface area contributed by atoms with E-state index in [1.807, 2.05) is 30.3 Å². The number of hydrogen-bond acceptors (Lipinski definition) is 5. The van der Waals surface area contributed by atoms with Crippen molar-refractivity contribution in [3.8, 4) is 0 Å². The van der Waals surface area contributed by atoms with Gasteiger partial charge in [-0.2, -0.15) is 0 Å². The van der Waals surface area contributed by atoms with E-state index in [9.17, 15) is 4.79 Å². The summed E-state index contributed by atoms with van der Waals surface area (Å²) in [5.74, 6) is -0.0650. The maximum absolute atomic E-state index is 13.2. The lowest BCUT2D eigenvalue weighted by atomic mass is 10.1. The Bertz CT molecular complexity index is 1120. The Morgan fingerprint density at radius 3 is 2.67 bits per heavy atom. The van der Waals surface area contributed by atoms with Gasteiger partial charge in [0.05, 0.1) is 31.1 Å². The highest BCUT2D eigenvalue weighted by Crippen LogP contribution is 2.34. The molecule has 0 aliphatic carbocycles.